The molecule has 0 saturated carbocycles. The molecular formula is C22H15N5O. The van der Waals surface area contributed by atoms with Crippen molar-refractivity contribution >= 4 is 24.0 Å². The minimum absolute atomic E-state index is 0.279. The molecule has 0 unspecified atom stereocenters. The Hall–Kier alpha value is -4.24. The normalized spacial score (nSPS) is 10.3. The lowest BCUT2D eigenvalue weighted by molar-refractivity contribution is 0.112. The Bertz CT molecular complexity index is 1260. The molecule has 3 heterocycles. The highest BCUT2D eigenvalue weighted by Crippen LogP contribution is 2.21. The zero-order valence-electron chi connectivity index (χ0n) is 14.8. The second kappa shape index (κ2) is 7.17. The second-order valence-corrected chi connectivity index (χ2v) is 6.08. The van der Waals surface area contributed by atoms with Gasteiger partial charge in [0.05, 0.1) is 6.20 Å². The quantitative estimate of drug-likeness (QED) is 0.331. The molecule has 1 aromatic carbocycles. The van der Waals surface area contributed by atoms with Crippen LogP contribution in [0.4, 0.5) is 5.82 Å². The minimum atomic E-state index is 0.279. The van der Waals surface area contributed by atoms with Gasteiger partial charge in [0.25, 0.3) is 0 Å². The van der Waals surface area contributed by atoms with Crippen LogP contribution < -0.4 is 5.73 Å². The Kier molecular flexibility index (Phi) is 4.40. The number of nitrogen functional groups attached to an aromatic ring is 1. The molecule has 134 valence electrons. The number of fused-ring (bicyclic) bond motifs is 1. The number of rotatable bonds is 3. The summed E-state index contributed by atoms with van der Waals surface area (Å²) in [5.74, 6) is 6.43. The van der Waals surface area contributed by atoms with Crippen LogP contribution in [0.5, 0.6) is 0 Å². The van der Waals surface area contributed by atoms with E-state index in [-0.39, 0.29) is 5.82 Å². The summed E-state index contributed by atoms with van der Waals surface area (Å²) >= 11 is 0. The number of carbonyl (C=O) groups is 1. The van der Waals surface area contributed by atoms with Crippen molar-refractivity contribution in [1.29, 1.82) is 5.41 Å². The van der Waals surface area contributed by atoms with E-state index in [4.69, 9.17) is 11.1 Å². The average molecular weight is 365 g/mol. The molecule has 0 bridgehead atoms. The van der Waals surface area contributed by atoms with Crippen LogP contribution in [0.25, 0.3) is 16.8 Å². The van der Waals surface area contributed by atoms with Gasteiger partial charge in [-0.1, -0.05) is 30.2 Å². The van der Waals surface area contributed by atoms with Crippen LogP contribution in [0, 0.1) is 17.3 Å². The van der Waals surface area contributed by atoms with Crippen LogP contribution in [0.1, 0.15) is 27.2 Å². The highest BCUT2D eigenvalue weighted by molar-refractivity contribution is 5.87. The molecule has 0 radical (unpaired) electrons. The Morgan fingerprint density at radius 2 is 1.79 bits per heavy atom. The van der Waals surface area contributed by atoms with E-state index in [1.807, 2.05) is 34.9 Å². The van der Waals surface area contributed by atoms with Crippen molar-refractivity contribution in [1.82, 2.24) is 14.4 Å². The van der Waals surface area contributed by atoms with Crippen LogP contribution in [-0.4, -0.2) is 26.9 Å². The molecular weight excluding hydrogens is 350 g/mol. The molecule has 6 heteroatoms. The number of benzene rings is 1. The first-order valence-electron chi connectivity index (χ1n) is 8.49. The van der Waals surface area contributed by atoms with Gasteiger partial charge in [-0.3, -0.25) is 9.20 Å². The third-order valence-corrected chi connectivity index (χ3v) is 4.38. The number of nitrogens with zero attached hydrogens (tertiary/aromatic N) is 3. The topological polar surface area (TPSA) is 97.1 Å². The number of nitrogens with two attached hydrogens (primary N) is 1. The lowest BCUT2D eigenvalue weighted by atomic mass is 10.1. The summed E-state index contributed by atoms with van der Waals surface area (Å²) in [5.41, 5.74) is 11.1. The molecule has 0 fully saturated rings. The van der Waals surface area contributed by atoms with Crippen LogP contribution in [0.3, 0.4) is 0 Å². The van der Waals surface area contributed by atoms with Gasteiger partial charge in [0.1, 0.15) is 23.4 Å². The van der Waals surface area contributed by atoms with Crippen molar-refractivity contribution in [3.63, 3.8) is 0 Å². The fraction of sp³-hybridized carbons (Fsp3) is 0. The smallest absolute Gasteiger partial charge is 0.150 e. The third kappa shape index (κ3) is 3.13. The van der Waals surface area contributed by atoms with Crippen LogP contribution in [0.15, 0.2) is 61.1 Å². The van der Waals surface area contributed by atoms with Crippen LogP contribution >= 0.6 is 0 Å². The zero-order chi connectivity index (χ0) is 19.5. The summed E-state index contributed by atoms with van der Waals surface area (Å²) in [6, 6.07) is 13.0. The monoisotopic (exact) mass is 365 g/mol. The number of hydrogen-bond donors (Lipinski definition) is 2. The zero-order valence-corrected chi connectivity index (χ0v) is 14.8. The molecule has 0 amide bonds. The van der Waals surface area contributed by atoms with Gasteiger partial charge in [-0.15, -0.1) is 0 Å². The predicted octanol–water partition coefficient (Wildman–Crippen LogP) is 3.19. The van der Waals surface area contributed by atoms with Crippen molar-refractivity contribution in [3.8, 4) is 23.0 Å². The number of imidazole rings is 1. The summed E-state index contributed by atoms with van der Waals surface area (Å²) < 4.78 is 1.91. The molecule has 0 spiro atoms. The van der Waals surface area contributed by atoms with Gasteiger partial charge in [0.2, 0.25) is 0 Å². The van der Waals surface area contributed by atoms with Gasteiger partial charge in [0.15, 0.2) is 0 Å². The van der Waals surface area contributed by atoms with E-state index in [9.17, 15) is 4.79 Å². The molecule has 4 aromatic rings. The fourth-order valence-electron chi connectivity index (χ4n) is 2.88. The highest BCUT2D eigenvalue weighted by Gasteiger charge is 2.05. The first-order valence-corrected chi connectivity index (χ1v) is 8.49. The van der Waals surface area contributed by atoms with Crippen LogP contribution in [-0.2, 0) is 0 Å². The first kappa shape index (κ1) is 17.2. The molecule has 0 saturated heterocycles. The number of pyridine rings is 2. The second-order valence-electron chi connectivity index (χ2n) is 6.08. The van der Waals surface area contributed by atoms with E-state index in [1.54, 1.807) is 30.6 Å². The summed E-state index contributed by atoms with van der Waals surface area (Å²) in [6.07, 6.45) is 7.21. The number of anilines is 1. The largest absolute Gasteiger partial charge is 0.383 e. The molecule has 0 aliphatic heterocycles. The van der Waals surface area contributed by atoms with E-state index in [1.165, 1.54) is 0 Å². The van der Waals surface area contributed by atoms with Crippen molar-refractivity contribution in [3.05, 3.63) is 83.4 Å². The van der Waals surface area contributed by atoms with Gasteiger partial charge in [-0.05, 0) is 35.2 Å². The van der Waals surface area contributed by atoms with Gasteiger partial charge >= 0.3 is 0 Å². The Balaban J connectivity index is 1.76. The van der Waals surface area contributed by atoms with Gasteiger partial charge in [-0.25, -0.2) is 9.97 Å². The Morgan fingerprint density at radius 1 is 1.00 bits per heavy atom. The van der Waals surface area contributed by atoms with E-state index >= 15 is 0 Å². The number of nitrogens with one attached hydrogen (secondary N) is 1. The lowest BCUT2D eigenvalue weighted by Crippen LogP contribution is -1.99. The number of carbonyl (C=O) groups excluding carboxylic acids is 1. The summed E-state index contributed by atoms with van der Waals surface area (Å²) in [6.45, 7) is 0. The van der Waals surface area contributed by atoms with Crippen molar-refractivity contribution in [2.45, 2.75) is 0 Å². The Labute approximate surface area is 161 Å². The third-order valence-electron chi connectivity index (χ3n) is 4.38. The SMILES string of the molecule is N=Cc1c(C#Cc2cnc3ccc(-c4ccc(C=O)cc4)cn23)ccnc1N. The molecule has 4 rings (SSSR count). The molecule has 0 atom stereocenters. The van der Waals surface area contributed by atoms with Gasteiger partial charge in [-0.2, -0.15) is 0 Å². The van der Waals surface area contributed by atoms with Crippen molar-refractivity contribution < 1.29 is 4.79 Å². The average Bonchev–Trinajstić information content (AvgIpc) is 3.14. The maximum Gasteiger partial charge on any atom is 0.150 e. The summed E-state index contributed by atoms with van der Waals surface area (Å²) in [7, 11) is 0. The molecule has 0 aliphatic carbocycles. The molecule has 3 N–H and O–H groups in total. The maximum absolute atomic E-state index is 10.8. The van der Waals surface area contributed by atoms with E-state index in [2.05, 4.69) is 21.8 Å². The van der Waals surface area contributed by atoms with Crippen molar-refractivity contribution in [2.24, 2.45) is 0 Å². The highest BCUT2D eigenvalue weighted by atomic mass is 16.1. The summed E-state index contributed by atoms with van der Waals surface area (Å²) in [5, 5.41) is 7.51. The molecule has 0 aliphatic rings. The minimum Gasteiger partial charge on any atom is -0.383 e. The maximum atomic E-state index is 10.8. The van der Waals surface area contributed by atoms with Gasteiger partial charge < -0.3 is 11.1 Å². The predicted molar refractivity (Wildman–Crippen MR) is 109 cm³/mol. The van der Waals surface area contributed by atoms with E-state index in [0.29, 0.717) is 22.4 Å². The first-order chi connectivity index (χ1) is 13.7. The molecule has 6 nitrogen and oxygen atoms in total. The fourth-order valence-corrected chi connectivity index (χ4v) is 2.88. The number of aldehydes is 1. The standard InChI is InChI=1S/C22H15N5O/c23-11-20-17(9-10-25-22(20)24)5-7-19-12-26-21-8-6-18(13-27(19)21)16-3-1-15(14-28)2-4-16/h1-4,6,8-14,23H,(H2,24,25). The van der Waals surface area contributed by atoms with E-state index in [0.717, 1.165) is 29.3 Å². The number of aromatic nitrogens is 3. The lowest BCUT2D eigenvalue weighted by Gasteiger charge is -2.04. The van der Waals surface area contributed by atoms with Crippen LogP contribution in [0.2, 0.25) is 0 Å². The van der Waals surface area contributed by atoms with E-state index < -0.39 is 0 Å². The molecule has 3 aromatic heterocycles. The van der Waals surface area contributed by atoms with Gasteiger partial charge in [0, 0.05) is 35.3 Å². The van der Waals surface area contributed by atoms with Crippen molar-refractivity contribution in [2.75, 3.05) is 5.73 Å². The summed E-state index contributed by atoms with van der Waals surface area (Å²) in [4.78, 5) is 19.2. The molecule has 28 heavy (non-hydrogen) atoms. The Morgan fingerprint density at radius 3 is 2.54 bits per heavy atom. The number of hydrogen-bond acceptors (Lipinski definition) is 5.